The van der Waals surface area contributed by atoms with Gasteiger partial charge in [-0.05, 0) is 51.5 Å². The highest BCUT2D eigenvalue weighted by Crippen LogP contribution is 2.32. The number of hydrogen-bond acceptors (Lipinski definition) is 3. The summed E-state index contributed by atoms with van der Waals surface area (Å²) in [7, 11) is 0. The van der Waals surface area contributed by atoms with E-state index in [0.717, 1.165) is 42.7 Å². The van der Waals surface area contributed by atoms with Crippen LogP contribution < -0.4 is 5.32 Å². The van der Waals surface area contributed by atoms with Crippen LogP contribution >= 0.6 is 0 Å². The molecule has 1 saturated carbocycles. The lowest BCUT2D eigenvalue weighted by Gasteiger charge is -2.36. The highest BCUT2D eigenvalue weighted by molar-refractivity contribution is 5.37. The molecular formula is C17H27NO2. The number of phenols is 1. The van der Waals surface area contributed by atoms with Gasteiger partial charge in [0.2, 0.25) is 0 Å². The minimum Gasteiger partial charge on any atom is -0.508 e. The average Bonchev–Trinajstić information content (AvgIpc) is 2.43. The standard InChI is InChI=1S/C17H27NO2/c1-12-6-8-17(20,9-7-12)11-18-14(3)15-10-13(2)4-5-16(15)19/h4-5,10,12,14,18-20H,6-9,11H2,1-3H3. The number of benzene rings is 1. The lowest BCUT2D eigenvalue weighted by atomic mass is 9.79. The van der Waals surface area contributed by atoms with Crippen molar-refractivity contribution in [3.05, 3.63) is 29.3 Å². The fraction of sp³-hybridized carbons (Fsp3) is 0.647. The molecule has 1 aliphatic carbocycles. The van der Waals surface area contributed by atoms with E-state index in [9.17, 15) is 10.2 Å². The molecule has 0 heterocycles. The molecule has 20 heavy (non-hydrogen) atoms. The van der Waals surface area contributed by atoms with E-state index in [-0.39, 0.29) is 6.04 Å². The van der Waals surface area contributed by atoms with E-state index in [1.807, 2.05) is 26.0 Å². The van der Waals surface area contributed by atoms with Crippen molar-refractivity contribution in [1.29, 1.82) is 0 Å². The van der Waals surface area contributed by atoms with E-state index in [1.54, 1.807) is 6.07 Å². The Hall–Kier alpha value is -1.06. The van der Waals surface area contributed by atoms with E-state index in [4.69, 9.17) is 0 Å². The predicted molar refractivity (Wildman–Crippen MR) is 81.8 cm³/mol. The SMILES string of the molecule is Cc1ccc(O)c(C(C)NCC2(O)CCC(C)CC2)c1. The molecule has 0 bridgehead atoms. The van der Waals surface area contributed by atoms with Gasteiger partial charge in [-0.1, -0.05) is 24.6 Å². The van der Waals surface area contributed by atoms with Gasteiger partial charge in [-0.2, -0.15) is 0 Å². The molecule has 1 aromatic carbocycles. The van der Waals surface area contributed by atoms with Gasteiger partial charge in [-0.25, -0.2) is 0 Å². The van der Waals surface area contributed by atoms with Gasteiger partial charge in [-0.3, -0.25) is 0 Å². The van der Waals surface area contributed by atoms with Crippen LogP contribution in [0.5, 0.6) is 5.75 Å². The fourth-order valence-corrected chi connectivity index (χ4v) is 2.95. The molecule has 0 aromatic heterocycles. The zero-order chi connectivity index (χ0) is 14.8. The molecule has 112 valence electrons. The van der Waals surface area contributed by atoms with Gasteiger partial charge in [0.1, 0.15) is 5.75 Å². The third kappa shape index (κ3) is 3.74. The maximum atomic E-state index is 10.6. The van der Waals surface area contributed by atoms with Crippen LogP contribution in [0.15, 0.2) is 18.2 Å². The van der Waals surface area contributed by atoms with Gasteiger partial charge < -0.3 is 15.5 Å². The second kappa shape index (κ2) is 6.15. The minimum absolute atomic E-state index is 0.0401. The molecule has 1 aliphatic rings. The maximum absolute atomic E-state index is 10.6. The van der Waals surface area contributed by atoms with E-state index < -0.39 is 5.60 Å². The van der Waals surface area contributed by atoms with Crippen LogP contribution in [-0.4, -0.2) is 22.4 Å². The number of phenolic OH excluding ortho intramolecular Hbond substituents is 1. The van der Waals surface area contributed by atoms with Gasteiger partial charge in [0.05, 0.1) is 5.60 Å². The lowest BCUT2D eigenvalue weighted by molar-refractivity contribution is -0.00788. The Bertz CT molecular complexity index is 450. The topological polar surface area (TPSA) is 52.5 Å². The molecule has 1 aromatic rings. The summed E-state index contributed by atoms with van der Waals surface area (Å²) in [4.78, 5) is 0. The monoisotopic (exact) mass is 277 g/mol. The molecule has 0 radical (unpaired) electrons. The van der Waals surface area contributed by atoms with Crippen molar-refractivity contribution in [3.63, 3.8) is 0 Å². The van der Waals surface area contributed by atoms with Gasteiger partial charge in [0, 0.05) is 18.2 Å². The number of hydrogen-bond donors (Lipinski definition) is 3. The van der Waals surface area contributed by atoms with Crippen molar-refractivity contribution in [1.82, 2.24) is 5.32 Å². The van der Waals surface area contributed by atoms with Crippen LogP contribution in [0.3, 0.4) is 0 Å². The van der Waals surface area contributed by atoms with Gasteiger partial charge >= 0.3 is 0 Å². The molecular weight excluding hydrogens is 250 g/mol. The van der Waals surface area contributed by atoms with Crippen LogP contribution in [0.1, 0.15) is 56.7 Å². The van der Waals surface area contributed by atoms with Crippen molar-refractivity contribution in [2.24, 2.45) is 5.92 Å². The fourth-order valence-electron chi connectivity index (χ4n) is 2.95. The summed E-state index contributed by atoms with van der Waals surface area (Å²) in [5.41, 5.74) is 1.45. The lowest BCUT2D eigenvalue weighted by Crippen LogP contribution is -2.44. The molecule has 3 heteroatoms. The average molecular weight is 277 g/mol. The second-order valence-corrected chi connectivity index (χ2v) is 6.57. The first-order chi connectivity index (χ1) is 9.39. The van der Waals surface area contributed by atoms with Crippen molar-refractivity contribution in [2.45, 2.75) is 58.1 Å². The van der Waals surface area contributed by atoms with Crippen LogP contribution in [-0.2, 0) is 0 Å². The maximum Gasteiger partial charge on any atom is 0.120 e. The number of aryl methyl sites for hydroxylation is 1. The number of aromatic hydroxyl groups is 1. The van der Waals surface area contributed by atoms with Crippen LogP contribution in [0.2, 0.25) is 0 Å². The summed E-state index contributed by atoms with van der Waals surface area (Å²) in [5.74, 6) is 1.05. The van der Waals surface area contributed by atoms with Crippen LogP contribution in [0.4, 0.5) is 0 Å². The summed E-state index contributed by atoms with van der Waals surface area (Å²) in [6.07, 6.45) is 3.94. The molecule has 2 rings (SSSR count). The highest BCUT2D eigenvalue weighted by atomic mass is 16.3. The minimum atomic E-state index is -0.583. The van der Waals surface area contributed by atoms with Gasteiger partial charge in [-0.15, -0.1) is 0 Å². The Morgan fingerprint density at radius 2 is 2.00 bits per heavy atom. The normalized spacial score (nSPS) is 28.3. The number of aliphatic hydroxyl groups is 1. The summed E-state index contributed by atoms with van der Waals surface area (Å²) >= 11 is 0. The van der Waals surface area contributed by atoms with E-state index in [2.05, 4.69) is 12.2 Å². The Labute approximate surface area is 122 Å². The van der Waals surface area contributed by atoms with Crippen molar-refractivity contribution in [2.75, 3.05) is 6.54 Å². The molecule has 1 unspecified atom stereocenters. The molecule has 0 saturated heterocycles. The van der Waals surface area contributed by atoms with Crippen molar-refractivity contribution < 1.29 is 10.2 Å². The number of nitrogens with one attached hydrogen (secondary N) is 1. The zero-order valence-electron chi connectivity index (χ0n) is 12.8. The van der Waals surface area contributed by atoms with Crippen LogP contribution in [0, 0.1) is 12.8 Å². The molecule has 1 fully saturated rings. The third-order valence-corrected chi connectivity index (χ3v) is 4.59. The first kappa shape index (κ1) is 15.3. The molecule has 0 amide bonds. The Kier molecular flexibility index (Phi) is 4.71. The van der Waals surface area contributed by atoms with Crippen molar-refractivity contribution in [3.8, 4) is 5.75 Å². The Morgan fingerprint density at radius 3 is 2.65 bits per heavy atom. The quantitative estimate of drug-likeness (QED) is 0.791. The second-order valence-electron chi connectivity index (χ2n) is 6.57. The predicted octanol–water partition coefficient (Wildman–Crippen LogP) is 3.29. The zero-order valence-corrected chi connectivity index (χ0v) is 12.8. The van der Waals surface area contributed by atoms with E-state index in [1.165, 1.54) is 0 Å². The third-order valence-electron chi connectivity index (χ3n) is 4.59. The molecule has 0 spiro atoms. The largest absolute Gasteiger partial charge is 0.508 e. The van der Waals surface area contributed by atoms with E-state index in [0.29, 0.717) is 12.3 Å². The summed E-state index contributed by atoms with van der Waals surface area (Å²) in [6, 6.07) is 5.68. The summed E-state index contributed by atoms with van der Waals surface area (Å²) < 4.78 is 0. The van der Waals surface area contributed by atoms with Gasteiger partial charge in [0.25, 0.3) is 0 Å². The highest BCUT2D eigenvalue weighted by Gasteiger charge is 2.31. The van der Waals surface area contributed by atoms with Gasteiger partial charge in [0.15, 0.2) is 0 Å². The summed E-state index contributed by atoms with van der Waals surface area (Å²) in [5, 5.41) is 23.9. The van der Waals surface area contributed by atoms with E-state index >= 15 is 0 Å². The molecule has 0 aliphatic heterocycles. The number of rotatable bonds is 4. The molecule has 3 nitrogen and oxygen atoms in total. The smallest absolute Gasteiger partial charge is 0.120 e. The Balaban J connectivity index is 1.95. The Morgan fingerprint density at radius 1 is 1.35 bits per heavy atom. The van der Waals surface area contributed by atoms with Crippen molar-refractivity contribution >= 4 is 0 Å². The molecule has 1 atom stereocenters. The molecule has 3 N–H and O–H groups in total. The first-order valence-electron chi connectivity index (χ1n) is 7.65. The first-order valence-corrected chi connectivity index (χ1v) is 7.65. The van der Waals surface area contributed by atoms with Crippen LogP contribution in [0.25, 0.3) is 0 Å². The summed E-state index contributed by atoms with van der Waals surface area (Å²) in [6.45, 7) is 6.89.